The first kappa shape index (κ1) is 16.9. The van der Waals surface area contributed by atoms with E-state index in [-0.39, 0.29) is 11.9 Å². The number of hydrogen-bond donors (Lipinski definition) is 1. The van der Waals surface area contributed by atoms with Crippen LogP contribution in [-0.2, 0) is 4.79 Å². The van der Waals surface area contributed by atoms with Crippen molar-refractivity contribution in [2.45, 2.75) is 55.8 Å². The normalized spacial score (nSPS) is 18.0. The third kappa shape index (κ3) is 3.48. The molecule has 2 saturated carbocycles. The van der Waals surface area contributed by atoms with Crippen molar-refractivity contribution in [2.24, 2.45) is 0 Å². The summed E-state index contributed by atoms with van der Waals surface area (Å²) in [5.41, 5.74) is 0.841. The minimum Gasteiger partial charge on any atom is -0.459 e. The van der Waals surface area contributed by atoms with Crippen molar-refractivity contribution in [1.82, 2.24) is 20.1 Å². The zero-order valence-corrected chi connectivity index (χ0v) is 16.0. The lowest BCUT2D eigenvalue weighted by molar-refractivity contribution is -0.119. The summed E-state index contributed by atoms with van der Waals surface area (Å²) in [5, 5.41) is 13.7. The minimum atomic E-state index is -0.172. The third-order valence-electron chi connectivity index (χ3n) is 5.13. The zero-order valence-electron chi connectivity index (χ0n) is 15.2. The Hall–Kier alpha value is -2.28. The molecule has 0 aliphatic heterocycles. The predicted molar refractivity (Wildman–Crippen MR) is 104 cm³/mol. The van der Waals surface area contributed by atoms with Gasteiger partial charge in [0.1, 0.15) is 17.2 Å². The number of carbonyl (C=O) groups is 1. The smallest absolute Gasteiger partial charge is 0.231 e. The molecule has 7 heteroatoms. The maximum Gasteiger partial charge on any atom is 0.231 e. The molecule has 1 aromatic carbocycles. The zero-order chi connectivity index (χ0) is 18.4. The maximum absolute atomic E-state index is 12.4. The Labute approximate surface area is 161 Å². The van der Waals surface area contributed by atoms with Crippen molar-refractivity contribution in [3.63, 3.8) is 0 Å². The Bertz CT molecular complexity index is 954. The molecule has 0 saturated heterocycles. The molecule has 2 aliphatic carbocycles. The van der Waals surface area contributed by atoms with Gasteiger partial charge in [-0.25, -0.2) is 0 Å². The number of rotatable bonds is 7. The lowest BCUT2D eigenvalue weighted by Crippen LogP contribution is -2.28. The van der Waals surface area contributed by atoms with Crippen molar-refractivity contribution in [2.75, 3.05) is 5.75 Å². The van der Waals surface area contributed by atoms with E-state index in [4.69, 9.17) is 4.42 Å². The Kier molecular flexibility index (Phi) is 4.19. The van der Waals surface area contributed by atoms with E-state index in [0.717, 1.165) is 27.7 Å². The standard InChI is InChI=1S/C20H22N4O2S/c1-12(17-10-14-4-2-3-5-16(14)26-17)21-18(25)11-27-20-23-22-19(13-6-7-13)24(20)15-8-9-15/h2-5,10,12-13,15H,6-9,11H2,1H3,(H,21,25). The van der Waals surface area contributed by atoms with Gasteiger partial charge in [-0.2, -0.15) is 0 Å². The highest BCUT2D eigenvalue weighted by atomic mass is 32.2. The highest BCUT2D eigenvalue weighted by Gasteiger charge is 2.36. The van der Waals surface area contributed by atoms with Crippen LogP contribution in [0.2, 0.25) is 0 Å². The molecule has 1 unspecified atom stereocenters. The molecule has 1 atom stereocenters. The summed E-state index contributed by atoms with van der Waals surface area (Å²) in [6, 6.07) is 10.2. The number of fused-ring (bicyclic) bond motifs is 1. The molecule has 6 nitrogen and oxygen atoms in total. The van der Waals surface area contributed by atoms with Crippen LogP contribution in [0.25, 0.3) is 11.0 Å². The fourth-order valence-corrected chi connectivity index (χ4v) is 4.21. The highest BCUT2D eigenvalue weighted by Crippen LogP contribution is 2.45. The lowest BCUT2D eigenvalue weighted by Gasteiger charge is -2.11. The summed E-state index contributed by atoms with van der Waals surface area (Å²) in [6.45, 7) is 1.94. The van der Waals surface area contributed by atoms with E-state index in [1.165, 1.54) is 37.4 Å². The molecule has 0 spiro atoms. The molecule has 1 amide bonds. The first-order chi connectivity index (χ1) is 13.2. The maximum atomic E-state index is 12.4. The van der Waals surface area contributed by atoms with Gasteiger partial charge in [0.15, 0.2) is 5.16 Å². The third-order valence-corrected chi connectivity index (χ3v) is 6.07. The molecule has 0 radical (unpaired) electrons. The van der Waals surface area contributed by atoms with Gasteiger partial charge in [0.25, 0.3) is 0 Å². The van der Waals surface area contributed by atoms with Crippen LogP contribution in [0.1, 0.15) is 62.2 Å². The molecule has 2 fully saturated rings. The number of furan rings is 1. The molecule has 1 N–H and O–H groups in total. The topological polar surface area (TPSA) is 73.0 Å². The van der Waals surface area contributed by atoms with Crippen LogP contribution in [0.5, 0.6) is 0 Å². The number of nitrogens with zero attached hydrogens (tertiary/aromatic N) is 3. The fourth-order valence-electron chi connectivity index (χ4n) is 3.38. The largest absolute Gasteiger partial charge is 0.459 e. The van der Waals surface area contributed by atoms with Gasteiger partial charge in [0, 0.05) is 17.3 Å². The van der Waals surface area contributed by atoms with E-state index < -0.39 is 0 Å². The molecular weight excluding hydrogens is 360 g/mol. The van der Waals surface area contributed by atoms with Crippen LogP contribution in [0.15, 0.2) is 39.9 Å². The monoisotopic (exact) mass is 382 g/mol. The number of thioether (sulfide) groups is 1. The van der Waals surface area contributed by atoms with Crippen LogP contribution in [0, 0.1) is 0 Å². The molecule has 5 rings (SSSR count). The number of amides is 1. The first-order valence-electron chi connectivity index (χ1n) is 9.54. The van der Waals surface area contributed by atoms with Crippen molar-refractivity contribution in [3.05, 3.63) is 41.9 Å². The van der Waals surface area contributed by atoms with Gasteiger partial charge >= 0.3 is 0 Å². The Morgan fingerprint density at radius 2 is 2.11 bits per heavy atom. The molecular formula is C20H22N4O2S. The van der Waals surface area contributed by atoms with E-state index in [1.54, 1.807) is 0 Å². The molecule has 140 valence electrons. The van der Waals surface area contributed by atoms with E-state index in [0.29, 0.717) is 17.7 Å². The molecule has 3 aromatic rings. The number of para-hydroxylation sites is 1. The number of carbonyl (C=O) groups excluding carboxylic acids is 1. The second kappa shape index (κ2) is 6.71. The van der Waals surface area contributed by atoms with Gasteiger partial charge in [-0.3, -0.25) is 4.79 Å². The van der Waals surface area contributed by atoms with E-state index >= 15 is 0 Å². The van der Waals surface area contributed by atoms with Crippen molar-refractivity contribution >= 4 is 28.6 Å². The van der Waals surface area contributed by atoms with Gasteiger partial charge in [-0.1, -0.05) is 30.0 Å². The van der Waals surface area contributed by atoms with Gasteiger partial charge in [0.05, 0.1) is 11.8 Å². The Morgan fingerprint density at radius 3 is 2.85 bits per heavy atom. The lowest BCUT2D eigenvalue weighted by atomic mass is 10.2. The molecule has 2 aromatic heterocycles. The number of aromatic nitrogens is 3. The van der Waals surface area contributed by atoms with Crippen LogP contribution in [0.3, 0.4) is 0 Å². The van der Waals surface area contributed by atoms with Crippen molar-refractivity contribution < 1.29 is 9.21 Å². The molecule has 0 bridgehead atoms. The average molecular weight is 382 g/mol. The summed E-state index contributed by atoms with van der Waals surface area (Å²) < 4.78 is 8.12. The van der Waals surface area contributed by atoms with Crippen LogP contribution < -0.4 is 5.32 Å². The summed E-state index contributed by atoms with van der Waals surface area (Å²) in [6.07, 6.45) is 4.82. The van der Waals surface area contributed by atoms with Crippen molar-refractivity contribution in [1.29, 1.82) is 0 Å². The Morgan fingerprint density at radius 1 is 1.30 bits per heavy atom. The van der Waals surface area contributed by atoms with Gasteiger partial charge < -0.3 is 14.3 Å². The number of hydrogen-bond acceptors (Lipinski definition) is 5. The first-order valence-corrected chi connectivity index (χ1v) is 10.5. The number of nitrogens with one attached hydrogen (secondary N) is 1. The van der Waals surface area contributed by atoms with Gasteiger partial charge in [-0.05, 0) is 44.7 Å². The second-order valence-electron chi connectivity index (χ2n) is 7.48. The van der Waals surface area contributed by atoms with Gasteiger partial charge in [-0.15, -0.1) is 10.2 Å². The minimum absolute atomic E-state index is 0.0220. The molecule has 27 heavy (non-hydrogen) atoms. The van der Waals surface area contributed by atoms with E-state index in [1.807, 2.05) is 37.3 Å². The fraction of sp³-hybridized carbons (Fsp3) is 0.450. The Balaban J connectivity index is 1.22. The van der Waals surface area contributed by atoms with Crippen LogP contribution in [0.4, 0.5) is 0 Å². The highest BCUT2D eigenvalue weighted by molar-refractivity contribution is 7.99. The quantitative estimate of drug-likeness (QED) is 0.620. The number of benzene rings is 1. The van der Waals surface area contributed by atoms with Crippen molar-refractivity contribution in [3.8, 4) is 0 Å². The van der Waals surface area contributed by atoms with E-state index in [9.17, 15) is 4.79 Å². The summed E-state index contributed by atoms with van der Waals surface area (Å²) in [7, 11) is 0. The van der Waals surface area contributed by atoms with E-state index in [2.05, 4.69) is 20.1 Å². The summed E-state index contributed by atoms with van der Waals surface area (Å²) >= 11 is 1.48. The van der Waals surface area contributed by atoms with Gasteiger partial charge in [0.2, 0.25) is 5.91 Å². The van der Waals surface area contributed by atoms with Crippen LogP contribution >= 0.6 is 11.8 Å². The van der Waals surface area contributed by atoms with Crippen LogP contribution in [-0.4, -0.2) is 26.4 Å². The average Bonchev–Trinajstić information content (AvgIpc) is 3.60. The predicted octanol–water partition coefficient (Wildman–Crippen LogP) is 4.21. The molecule has 2 heterocycles. The molecule has 2 aliphatic rings. The second-order valence-corrected chi connectivity index (χ2v) is 8.42. The summed E-state index contributed by atoms with van der Waals surface area (Å²) in [5.74, 6) is 2.78. The SMILES string of the molecule is CC(NC(=O)CSc1nnc(C2CC2)n1C1CC1)c1cc2ccccc2o1. The summed E-state index contributed by atoms with van der Waals surface area (Å²) in [4.78, 5) is 12.4.